The fourth-order valence-corrected chi connectivity index (χ4v) is 4.72. The standard InChI is InChI=1S/C23H26NO4P/c1-26-21-16-14-20(15-17-21)23(29(25,27-2)28-3)24-22(18-10-6-4-7-11-18)19-12-8-5-9-13-19/h4-17,22-24H,1-3H3/t23-/m0/s1. The predicted molar refractivity (Wildman–Crippen MR) is 115 cm³/mol. The van der Waals surface area contributed by atoms with Gasteiger partial charge in [0, 0.05) is 14.2 Å². The smallest absolute Gasteiger partial charge is 0.351 e. The van der Waals surface area contributed by atoms with Crippen LogP contribution in [0.15, 0.2) is 84.9 Å². The molecule has 0 aliphatic heterocycles. The molecule has 6 heteroatoms. The molecular formula is C23H26NO4P. The number of benzene rings is 3. The van der Waals surface area contributed by atoms with Gasteiger partial charge < -0.3 is 13.8 Å². The van der Waals surface area contributed by atoms with E-state index in [2.05, 4.69) is 5.32 Å². The Morgan fingerprint density at radius 3 is 1.59 bits per heavy atom. The second kappa shape index (κ2) is 9.86. The van der Waals surface area contributed by atoms with Gasteiger partial charge in [-0.1, -0.05) is 72.8 Å². The zero-order chi connectivity index (χ0) is 20.7. The summed E-state index contributed by atoms with van der Waals surface area (Å²) in [5.74, 6) is 0.0497. The minimum atomic E-state index is -3.48. The molecule has 0 aliphatic rings. The van der Waals surface area contributed by atoms with Crippen molar-refractivity contribution in [3.63, 3.8) is 0 Å². The summed E-state index contributed by atoms with van der Waals surface area (Å²) in [6, 6.07) is 27.3. The molecule has 5 nitrogen and oxygen atoms in total. The van der Waals surface area contributed by atoms with Gasteiger partial charge in [0.25, 0.3) is 0 Å². The van der Waals surface area contributed by atoms with Crippen molar-refractivity contribution in [2.75, 3.05) is 21.3 Å². The molecule has 0 unspecified atom stereocenters. The molecule has 0 saturated heterocycles. The highest BCUT2D eigenvalue weighted by atomic mass is 31.2. The molecule has 0 spiro atoms. The first-order valence-electron chi connectivity index (χ1n) is 9.32. The van der Waals surface area contributed by atoms with Crippen LogP contribution in [-0.4, -0.2) is 21.3 Å². The molecule has 0 saturated carbocycles. The van der Waals surface area contributed by atoms with Crippen LogP contribution in [0, 0.1) is 0 Å². The number of hydrogen-bond donors (Lipinski definition) is 1. The van der Waals surface area contributed by atoms with Crippen LogP contribution in [0.2, 0.25) is 0 Å². The molecule has 1 N–H and O–H groups in total. The molecule has 3 aromatic rings. The van der Waals surface area contributed by atoms with Crippen LogP contribution in [0.4, 0.5) is 0 Å². The van der Waals surface area contributed by atoms with E-state index in [1.807, 2.05) is 84.9 Å². The fraction of sp³-hybridized carbons (Fsp3) is 0.217. The number of rotatable bonds is 9. The molecular weight excluding hydrogens is 385 g/mol. The van der Waals surface area contributed by atoms with Crippen molar-refractivity contribution in [2.24, 2.45) is 0 Å². The zero-order valence-corrected chi connectivity index (χ0v) is 17.7. The van der Waals surface area contributed by atoms with Crippen molar-refractivity contribution in [1.82, 2.24) is 5.32 Å². The van der Waals surface area contributed by atoms with Crippen LogP contribution in [0.1, 0.15) is 28.5 Å². The van der Waals surface area contributed by atoms with Crippen LogP contribution < -0.4 is 10.1 Å². The average Bonchev–Trinajstić information content (AvgIpc) is 2.80. The van der Waals surface area contributed by atoms with Gasteiger partial charge in [0.05, 0.1) is 13.2 Å². The van der Waals surface area contributed by atoms with E-state index >= 15 is 0 Å². The minimum absolute atomic E-state index is 0.205. The van der Waals surface area contributed by atoms with Crippen molar-refractivity contribution in [1.29, 1.82) is 0 Å². The van der Waals surface area contributed by atoms with E-state index in [1.165, 1.54) is 14.2 Å². The zero-order valence-electron chi connectivity index (χ0n) is 16.8. The molecule has 3 aromatic carbocycles. The summed E-state index contributed by atoms with van der Waals surface area (Å²) in [5.41, 5.74) is 2.89. The highest BCUT2D eigenvalue weighted by Crippen LogP contribution is 2.59. The van der Waals surface area contributed by atoms with Gasteiger partial charge in [0.15, 0.2) is 0 Å². The third-order valence-corrected chi connectivity index (χ3v) is 6.94. The predicted octanol–water partition coefficient (Wildman–Crippen LogP) is 5.56. The molecule has 1 atom stereocenters. The Kier molecular flexibility index (Phi) is 7.24. The SMILES string of the molecule is COc1ccc([C@@H](NC(c2ccccc2)c2ccccc2)P(=O)(OC)OC)cc1. The quantitative estimate of drug-likeness (QED) is 0.467. The lowest BCUT2D eigenvalue weighted by atomic mass is 9.98. The molecule has 0 bridgehead atoms. The van der Waals surface area contributed by atoms with Crippen molar-refractivity contribution in [3.05, 3.63) is 102 Å². The van der Waals surface area contributed by atoms with Crippen molar-refractivity contribution >= 4 is 7.60 Å². The summed E-state index contributed by atoms with van der Waals surface area (Å²) >= 11 is 0. The highest BCUT2D eigenvalue weighted by molar-refractivity contribution is 7.54. The Labute approximate surface area is 172 Å². The van der Waals surface area contributed by atoms with Gasteiger partial charge in [0.1, 0.15) is 11.5 Å². The van der Waals surface area contributed by atoms with Gasteiger partial charge in [-0.3, -0.25) is 9.88 Å². The number of hydrogen-bond acceptors (Lipinski definition) is 5. The van der Waals surface area contributed by atoms with Crippen molar-refractivity contribution in [3.8, 4) is 5.75 Å². The lowest BCUT2D eigenvalue weighted by Gasteiger charge is -2.30. The lowest BCUT2D eigenvalue weighted by Crippen LogP contribution is -2.28. The molecule has 0 radical (unpaired) electrons. The summed E-state index contributed by atoms with van der Waals surface area (Å²) in [7, 11) is 0.939. The number of methoxy groups -OCH3 is 1. The van der Waals surface area contributed by atoms with Crippen LogP contribution in [0.5, 0.6) is 5.75 Å². The molecule has 3 rings (SSSR count). The van der Waals surface area contributed by atoms with Crippen LogP contribution in [0.25, 0.3) is 0 Å². The second-order valence-corrected chi connectivity index (χ2v) is 8.83. The summed E-state index contributed by atoms with van der Waals surface area (Å²) in [6.45, 7) is 0. The number of ether oxygens (including phenoxy) is 1. The summed E-state index contributed by atoms with van der Waals surface area (Å²) in [5, 5.41) is 3.53. The van der Waals surface area contributed by atoms with Gasteiger partial charge in [-0.25, -0.2) is 0 Å². The lowest BCUT2D eigenvalue weighted by molar-refractivity contribution is 0.257. The first-order chi connectivity index (χ1) is 14.1. The molecule has 0 aromatic heterocycles. The first kappa shape index (κ1) is 21.3. The van der Waals surface area contributed by atoms with E-state index < -0.39 is 13.4 Å². The van der Waals surface area contributed by atoms with Gasteiger partial charge in [-0.2, -0.15) is 0 Å². The maximum Gasteiger partial charge on any atom is 0.351 e. The Morgan fingerprint density at radius 1 is 0.690 bits per heavy atom. The highest BCUT2D eigenvalue weighted by Gasteiger charge is 2.37. The number of nitrogens with one attached hydrogen (secondary N) is 1. The molecule has 152 valence electrons. The summed E-state index contributed by atoms with van der Waals surface area (Å²) < 4.78 is 29.5. The molecule has 0 fully saturated rings. The van der Waals surface area contributed by atoms with Gasteiger partial charge in [-0.15, -0.1) is 0 Å². The summed E-state index contributed by atoms with van der Waals surface area (Å²) in [6.07, 6.45) is 0. The first-order valence-corrected chi connectivity index (χ1v) is 10.9. The van der Waals surface area contributed by atoms with Crippen molar-refractivity contribution in [2.45, 2.75) is 11.8 Å². The van der Waals surface area contributed by atoms with Crippen LogP contribution in [-0.2, 0) is 13.6 Å². The Bertz CT molecular complexity index is 885. The minimum Gasteiger partial charge on any atom is -0.497 e. The third-order valence-electron chi connectivity index (χ3n) is 4.85. The molecule has 0 heterocycles. The van der Waals surface area contributed by atoms with Crippen molar-refractivity contribution < 1.29 is 18.3 Å². The Hall–Kier alpha value is -2.43. The third kappa shape index (κ3) is 4.95. The maximum atomic E-state index is 13.5. The largest absolute Gasteiger partial charge is 0.497 e. The molecule has 0 aliphatic carbocycles. The van der Waals surface area contributed by atoms with E-state index in [4.69, 9.17) is 13.8 Å². The Morgan fingerprint density at radius 2 is 1.17 bits per heavy atom. The molecule has 29 heavy (non-hydrogen) atoms. The van der Waals surface area contributed by atoms with E-state index in [-0.39, 0.29) is 6.04 Å². The van der Waals surface area contributed by atoms with Gasteiger partial charge >= 0.3 is 7.60 Å². The van der Waals surface area contributed by atoms with E-state index in [9.17, 15) is 4.57 Å². The summed E-state index contributed by atoms with van der Waals surface area (Å²) in [4.78, 5) is 0. The average molecular weight is 411 g/mol. The van der Waals surface area contributed by atoms with E-state index in [1.54, 1.807) is 7.11 Å². The van der Waals surface area contributed by atoms with Crippen LogP contribution in [0.3, 0.4) is 0 Å². The van der Waals surface area contributed by atoms with E-state index in [0.29, 0.717) is 0 Å². The van der Waals surface area contributed by atoms with Gasteiger partial charge in [0.2, 0.25) is 0 Å². The van der Waals surface area contributed by atoms with E-state index in [0.717, 1.165) is 22.4 Å². The normalized spacial score (nSPS) is 12.7. The second-order valence-electron chi connectivity index (χ2n) is 6.50. The maximum absolute atomic E-state index is 13.5. The Balaban J connectivity index is 2.06. The monoisotopic (exact) mass is 411 g/mol. The van der Waals surface area contributed by atoms with Gasteiger partial charge in [-0.05, 0) is 28.8 Å². The molecule has 0 amide bonds. The fourth-order valence-electron chi connectivity index (χ4n) is 3.28. The van der Waals surface area contributed by atoms with Crippen LogP contribution >= 0.6 is 7.60 Å². The topological polar surface area (TPSA) is 56.8 Å².